The Kier molecular flexibility index (Phi) is 6.07. The number of phenolic OH excluding ortho intramolecular Hbond substituents is 1. The van der Waals surface area contributed by atoms with E-state index in [1.54, 1.807) is 35.9 Å². The molecule has 0 aliphatic carbocycles. The van der Waals surface area contributed by atoms with Crippen LogP contribution in [0.1, 0.15) is 27.8 Å². The number of aromatic nitrogens is 1. The number of thioether (sulfide) groups is 1. The van der Waals surface area contributed by atoms with Crippen LogP contribution in [0.4, 0.5) is 0 Å². The number of halogens is 2. The van der Waals surface area contributed by atoms with E-state index in [-0.39, 0.29) is 11.7 Å². The predicted molar refractivity (Wildman–Crippen MR) is 110 cm³/mol. The van der Waals surface area contributed by atoms with Gasteiger partial charge in [-0.05, 0) is 55.6 Å². The number of rotatable bonds is 4. The Morgan fingerprint density at radius 1 is 1.37 bits per heavy atom. The number of nitrogens with one attached hydrogen (secondary N) is 1. The highest BCUT2D eigenvalue weighted by molar-refractivity contribution is 9.13. The molecule has 27 heavy (non-hydrogen) atoms. The van der Waals surface area contributed by atoms with Crippen LogP contribution in [0.2, 0.25) is 0 Å². The topological polar surface area (TPSA) is 83.8 Å². The number of ether oxygens (including phenoxy) is 1. The number of carbonyl (C=O) groups is 2. The molecule has 0 saturated carbocycles. The first kappa shape index (κ1) is 20.1. The van der Waals surface area contributed by atoms with Gasteiger partial charge in [-0.3, -0.25) is 15.0 Å². The monoisotopic (exact) mass is 517 g/mol. The molecule has 1 fully saturated rings. The van der Waals surface area contributed by atoms with Gasteiger partial charge in [0, 0.05) is 19.2 Å². The molecule has 1 unspecified atom stereocenters. The van der Waals surface area contributed by atoms with Crippen LogP contribution in [0.15, 0.2) is 33.3 Å². The summed E-state index contributed by atoms with van der Waals surface area (Å²) in [4.78, 5) is 25.2. The molecule has 3 rings (SSSR count). The second kappa shape index (κ2) is 8.15. The van der Waals surface area contributed by atoms with E-state index in [0.29, 0.717) is 29.2 Å². The van der Waals surface area contributed by atoms with Crippen LogP contribution in [0, 0.1) is 0 Å². The maximum absolute atomic E-state index is 12.7. The molecule has 2 N–H and O–H groups in total. The third kappa shape index (κ3) is 3.97. The number of hydrazine groups is 1. The summed E-state index contributed by atoms with van der Waals surface area (Å²) < 4.78 is 8.21. The summed E-state index contributed by atoms with van der Waals surface area (Å²) in [5, 5.41) is 10.9. The summed E-state index contributed by atoms with van der Waals surface area (Å²) in [5.41, 5.74) is 3.80. The van der Waals surface area contributed by atoms with Crippen molar-refractivity contribution >= 4 is 55.4 Å². The quantitative estimate of drug-likeness (QED) is 0.646. The number of nitrogens with zero attached hydrogens (tertiary/aromatic N) is 2. The van der Waals surface area contributed by atoms with Crippen molar-refractivity contribution in [1.29, 1.82) is 0 Å². The molecule has 1 atom stereocenters. The molecule has 1 saturated heterocycles. The van der Waals surface area contributed by atoms with Crippen molar-refractivity contribution in [2.45, 2.75) is 11.8 Å². The molecule has 2 amide bonds. The summed E-state index contributed by atoms with van der Waals surface area (Å²) in [6, 6.07) is 6.62. The minimum Gasteiger partial charge on any atom is -0.504 e. The molecule has 1 aliphatic heterocycles. The zero-order valence-corrected chi connectivity index (χ0v) is 18.5. The maximum Gasteiger partial charge on any atom is 0.286 e. The number of carbonyl (C=O) groups excluding carboxylic acids is 2. The van der Waals surface area contributed by atoms with E-state index in [4.69, 9.17) is 4.74 Å². The Labute approximate surface area is 177 Å². The number of phenols is 1. The highest BCUT2D eigenvalue weighted by Crippen LogP contribution is 2.39. The van der Waals surface area contributed by atoms with Gasteiger partial charge in [-0.15, -0.1) is 11.8 Å². The summed E-state index contributed by atoms with van der Waals surface area (Å²) in [7, 11) is 3.21. The zero-order valence-electron chi connectivity index (χ0n) is 14.5. The lowest BCUT2D eigenvalue weighted by Crippen LogP contribution is -2.49. The summed E-state index contributed by atoms with van der Waals surface area (Å²) in [5.74, 6) is 0.372. The van der Waals surface area contributed by atoms with Crippen molar-refractivity contribution in [2.24, 2.45) is 7.05 Å². The fourth-order valence-electron chi connectivity index (χ4n) is 2.74. The Hall–Kier alpha value is -1.65. The number of amides is 2. The average Bonchev–Trinajstić information content (AvgIpc) is 2.90. The molecule has 0 radical (unpaired) electrons. The van der Waals surface area contributed by atoms with Gasteiger partial charge in [0.15, 0.2) is 11.5 Å². The van der Waals surface area contributed by atoms with Crippen LogP contribution >= 0.6 is 43.6 Å². The molecule has 0 spiro atoms. The zero-order chi connectivity index (χ0) is 19.7. The van der Waals surface area contributed by atoms with Gasteiger partial charge >= 0.3 is 0 Å². The first-order valence-electron chi connectivity index (χ1n) is 7.95. The minimum absolute atomic E-state index is 0.0183. The van der Waals surface area contributed by atoms with Gasteiger partial charge in [0.1, 0.15) is 11.1 Å². The van der Waals surface area contributed by atoms with Gasteiger partial charge < -0.3 is 14.4 Å². The van der Waals surface area contributed by atoms with Crippen LogP contribution in [0.25, 0.3) is 0 Å². The number of methoxy groups -OCH3 is 1. The predicted octanol–water partition coefficient (Wildman–Crippen LogP) is 3.57. The van der Waals surface area contributed by atoms with E-state index in [0.717, 1.165) is 9.08 Å². The molecule has 1 aliphatic rings. The Morgan fingerprint density at radius 2 is 2.11 bits per heavy atom. The minimum atomic E-state index is -0.445. The first-order valence-corrected chi connectivity index (χ1v) is 10.6. The Bertz CT molecular complexity index is 903. The highest BCUT2D eigenvalue weighted by Gasteiger charge is 2.32. The van der Waals surface area contributed by atoms with Gasteiger partial charge in [0.05, 0.1) is 16.2 Å². The largest absolute Gasteiger partial charge is 0.504 e. The summed E-state index contributed by atoms with van der Waals surface area (Å²) in [6.45, 7) is 0. The van der Waals surface area contributed by atoms with E-state index in [2.05, 4.69) is 37.3 Å². The lowest BCUT2D eigenvalue weighted by molar-refractivity contribution is -0.134. The second-order valence-electron chi connectivity index (χ2n) is 5.84. The van der Waals surface area contributed by atoms with Crippen molar-refractivity contribution in [3.05, 3.63) is 44.6 Å². The van der Waals surface area contributed by atoms with Crippen molar-refractivity contribution in [3.8, 4) is 11.5 Å². The maximum atomic E-state index is 12.7. The number of aromatic hydroxyl groups is 1. The lowest BCUT2D eigenvalue weighted by atomic mass is 10.2. The van der Waals surface area contributed by atoms with Gasteiger partial charge in [0.25, 0.3) is 5.91 Å². The van der Waals surface area contributed by atoms with E-state index in [1.165, 1.54) is 23.9 Å². The van der Waals surface area contributed by atoms with Crippen molar-refractivity contribution < 1.29 is 19.4 Å². The SMILES string of the molecule is COc1ccc(C2SCCC(=O)N2NC(=O)c2cc(Br)c(Br)n2C)cc1O. The molecule has 0 bridgehead atoms. The summed E-state index contributed by atoms with van der Waals surface area (Å²) in [6.07, 6.45) is 0.324. The molecule has 1 aromatic heterocycles. The molecular formula is C17H17Br2N3O4S. The van der Waals surface area contributed by atoms with Gasteiger partial charge in [-0.25, -0.2) is 5.01 Å². The van der Waals surface area contributed by atoms with Gasteiger partial charge in [-0.1, -0.05) is 6.07 Å². The highest BCUT2D eigenvalue weighted by atomic mass is 79.9. The third-order valence-electron chi connectivity index (χ3n) is 4.15. The molecule has 1 aromatic carbocycles. The van der Waals surface area contributed by atoms with E-state index < -0.39 is 11.3 Å². The standard InChI is InChI=1S/C17H17Br2N3O4S/c1-21-11(8-10(18)15(21)19)16(25)20-22-14(24)5-6-27-17(22)9-3-4-13(26-2)12(23)7-9/h3-4,7-8,17,23H,5-6H2,1-2H3,(H,20,25). The van der Waals surface area contributed by atoms with Crippen LogP contribution in [0.5, 0.6) is 11.5 Å². The molecule has 144 valence electrons. The summed E-state index contributed by atoms with van der Waals surface area (Å²) >= 11 is 8.27. The van der Waals surface area contributed by atoms with Crippen LogP contribution < -0.4 is 10.2 Å². The molecule has 10 heteroatoms. The molecular weight excluding hydrogens is 502 g/mol. The van der Waals surface area contributed by atoms with Crippen LogP contribution in [-0.2, 0) is 11.8 Å². The van der Waals surface area contributed by atoms with E-state index in [1.807, 2.05) is 0 Å². The molecule has 2 heterocycles. The fourth-order valence-corrected chi connectivity index (χ4v) is 4.70. The van der Waals surface area contributed by atoms with E-state index in [9.17, 15) is 14.7 Å². The van der Waals surface area contributed by atoms with Gasteiger partial charge in [0.2, 0.25) is 5.91 Å². The number of benzene rings is 1. The van der Waals surface area contributed by atoms with Gasteiger partial charge in [-0.2, -0.15) is 0 Å². The number of hydrogen-bond donors (Lipinski definition) is 2. The normalized spacial score (nSPS) is 17.1. The second-order valence-corrected chi connectivity index (χ2v) is 8.63. The third-order valence-corrected chi connectivity index (χ3v) is 7.49. The lowest BCUT2D eigenvalue weighted by Gasteiger charge is -2.35. The van der Waals surface area contributed by atoms with Crippen LogP contribution in [-0.4, -0.2) is 39.4 Å². The fraction of sp³-hybridized carbons (Fsp3) is 0.294. The van der Waals surface area contributed by atoms with Crippen molar-refractivity contribution in [1.82, 2.24) is 15.0 Å². The molecule has 7 nitrogen and oxygen atoms in total. The first-order chi connectivity index (χ1) is 12.8. The van der Waals surface area contributed by atoms with Crippen LogP contribution in [0.3, 0.4) is 0 Å². The van der Waals surface area contributed by atoms with E-state index >= 15 is 0 Å². The van der Waals surface area contributed by atoms with Crippen molar-refractivity contribution in [3.63, 3.8) is 0 Å². The Morgan fingerprint density at radius 3 is 2.70 bits per heavy atom. The average molecular weight is 519 g/mol. The Balaban J connectivity index is 1.88. The number of hydrogen-bond acceptors (Lipinski definition) is 5. The molecule has 2 aromatic rings. The smallest absolute Gasteiger partial charge is 0.286 e. The van der Waals surface area contributed by atoms with Crippen molar-refractivity contribution in [2.75, 3.05) is 12.9 Å².